The van der Waals surface area contributed by atoms with Gasteiger partial charge in [-0.1, -0.05) is 17.3 Å². The summed E-state index contributed by atoms with van der Waals surface area (Å²) in [6, 6.07) is 5.90. The van der Waals surface area contributed by atoms with Gasteiger partial charge in [-0.25, -0.2) is 4.68 Å². The van der Waals surface area contributed by atoms with Gasteiger partial charge < -0.3 is 0 Å². The molecule has 0 aliphatic rings. The van der Waals surface area contributed by atoms with Gasteiger partial charge in [0, 0.05) is 12.1 Å². The third-order valence-electron chi connectivity index (χ3n) is 2.81. The van der Waals surface area contributed by atoms with E-state index in [0.717, 1.165) is 0 Å². The van der Waals surface area contributed by atoms with Crippen LogP contribution in [0.4, 0.5) is 5.69 Å². The first-order chi connectivity index (χ1) is 9.65. The lowest BCUT2D eigenvalue weighted by molar-refractivity contribution is -0.384. The van der Waals surface area contributed by atoms with Gasteiger partial charge in [0.1, 0.15) is 5.52 Å². The van der Waals surface area contributed by atoms with Gasteiger partial charge in [-0.2, -0.15) is 5.10 Å². The second-order valence-corrected chi connectivity index (χ2v) is 4.11. The Morgan fingerprint density at radius 3 is 2.75 bits per heavy atom. The number of nitrogens with one attached hydrogen (secondary N) is 1. The van der Waals surface area contributed by atoms with E-state index in [-0.39, 0.29) is 23.3 Å². The van der Waals surface area contributed by atoms with Crippen LogP contribution in [0.3, 0.4) is 0 Å². The second-order valence-electron chi connectivity index (χ2n) is 4.11. The molecule has 0 unspecified atom stereocenters. The Morgan fingerprint density at radius 2 is 2.05 bits per heavy atom. The third kappa shape index (κ3) is 2.00. The normalized spacial score (nSPS) is 10.8. The minimum absolute atomic E-state index is 0.00352. The molecule has 2 heterocycles. The van der Waals surface area contributed by atoms with Gasteiger partial charge in [-0.15, -0.1) is 5.10 Å². The van der Waals surface area contributed by atoms with Crippen LogP contribution < -0.4 is 5.56 Å². The lowest BCUT2D eigenvalue weighted by atomic mass is 10.2. The van der Waals surface area contributed by atoms with Crippen LogP contribution in [0.15, 0.2) is 35.3 Å². The summed E-state index contributed by atoms with van der Waals surface area (Å²) >= 11 is 0. The smallest absolute Gasteiger partial charge is 0.271 e. The molecule has 20 heavy (non-hydrogen) atoms. The van der Waals surface area contributed by atoms with E-state index < -0.39 is 4.92 Å². The Labute approximate surface area is 111 Å². The fourth-order valence-electron chi connectivity index (χ4n) is 1.78. The highest BCUT2D eigenvalue weighted by molar-refractivity contribution is 5.70. The van der Waals surface area contributed by atoms with Crippen molar-refractivity contribution in [1.29, 1.82) is 0 Å². The van der Waals surface area contributed by atoms with Gasteiger partial charge in [0.05, 0.1) is 17.7 Å². The van der Waals surface area contributed by atoms with Crippen molar-refractivity contribution in [3.63, 3.8) is 0 Å². The van der Waals surface area contributed by atoms with Crippen molar-refractivity contribution in [2.75, 3.05) is 0 Å². The Kier molecular flexibility index (Phi) is 2.71. The van der Waals surface area contributed by atoms with E-state index in [1.165, 1.54) is 23.0 Å². The molecule has 1 N–H and O–H groups in total. The largest absolute Gasteiger partial charge is 0.295 e. The predicted octanol–water partition coefficient (Wildman–Crippen LogP) is 0.471. The molecule has 0 aliphatic heterocycles. The number of non-ortho nitro benzene ring substituents is 1. The molecule has 0 aliphatic carbocycles. The molecular weight excluding hydrogens is 264 g/mol. The standard InChI is InChI=1S/C11H8N6O3/c18-11-10-9(5-12-14-10)13-15-16(11)6-7-1-3-8(4-2-7)17(19)20/h1-5H,6H2,(H,12,14). The number of nitro groups is 1. The van der Waals surface area contributed by atoms with Crippen LogP contribution in [0, 0.1) is 10.1 Å². The maximum absolute atomic E-state index is 12.1. The molecule has 2 aromatic heterocycles. The molecule has 100 valence electrons. The van der Waals surface area contributed by atoms with Crippen LogP contribution in [0.2, 0.25) is 0 Å². The number of H-pyrrole nitrogens is 1. The van der Waals surface area contributed by atoms with Crippen molar-refractivity contribution in [3.05, 3.63) is 56.5 Å². The minimum atomic E-state index is -0.480. The number of nitrogens with zero attached hydrogens (tertiary/aromatic N) is 5. The van der Waals surface area contributed by atoms with Crippen molar-refractivity contribution >= 4 is 16.7 Å². The van der Waals surface area contributed by atoms with E-state index in [1.807, 2.05) is 0 Å². The zero-order valence-electron chi connectivity index (χ0n) is 10.1. The molecule has 0 fully saturated rings. The summed E-state index contributed by atoms with van der Waals surface area (Å²) in [5.74, 6) is 0. The summed E-state index contributed by atoms with van der Waals surface area (Å²) in [7, 11) is 0. The first-order valence-electron chi connectivity index (χ1n) is 5.65. The van der Waals surface area contributed by atoms with Crippen LogP contribution in [0.25, 0.3) is 11.0 Å². The Morgan fingerprint density at radius 1 is 1.30 bits per heavy atom. The number of nitro benzene ring substituents is 1. The van der Waals surface area contributed by atoms with Gasteiger partial charge in [0.2, 0.25) is 0 Å². The maximum atomic E-state index is 12.1. The highest BCUT2D eigenvalue weighted by Crippen LogP contribution is 2.12. The molecule has 0 bridgehead atoms. The molecule has 0 atom stereocenters. The Balaban J connectivity index is 1.94. The minimum Gasteiger partial charge on any atom is -0.271 e. The van der Waals surface area contributed by atoms with E-state index in [1.54, 1.807) is 12.1 Å². The molecule has 0 radical (unpaired) electrons. The van der Waals surface area contributed by atoms with Crippen LogP contribution in [0.1, 0.15) is 5.56 Å². The molecule has 0 spiro atoms. The number of benzene rings is 1. The van der Waals surface area contributed by atoms with Gasteiger partial charge in [0.15, 0.2) is 5.52 Å². The molecule has 9 heteroatoms. The molecule has 0 saturated carbocycles. The first kappa shape index (κ1) is 12.0. The van der Waals surface area contributed by atoms with Gasteiger partial charge in [0.25, 0.3) is 11.2 Å². The van der Waals surface area contributed by atoms with Crippen LogP contribution in [-0.2, 0) is 6.54 Å². The molecule has 0 amide bonds. The summed E-state index contributed by atoms with van der Waals surface area (Å²) in [6.07, 6.45) is 1.42. The lowest BCUT2D eigenvalue weighted by Crippen LogP contribution is -2.24. The summed E-state index contributed by atoms with van der Waals surface area (Å²) in [5, 5.41) is 24.5. The number of aromatic amines is 1. The van der Waals surface area contributed by atoms with Gasteiger partial charge in [-0.05, 0) is 5.56 Å². The van der Waals surface area contributed by atoms with E-state index in [0.29, 0.717) is 11.1 Å². The molecule has 3 aromatic rings. The van der Waals surface area contributed by atoms with E-state index in [4.69, 9.17) is 0 Å². The number of hydrogen-bond donors (Lipinski definition) is 1. The summed E-state index contributed by atoms with van der Waals surface area (Å²) in [5.41, 5.74) is 1.05. The van der Waals surface area contributed by atoms with Crippen LogP contribution >= 0.6 is 0 Å². The van der Waals surface area contributed by atoms with E-state index >= 15 is 0 Å². The van der Waals surface area contributed by atoms with Crippen molar-refractivity contribution in [2.24, 2.45) is 0 Å². The third-order valence-corrected chi connectivity index (χ3v) is 2.81. The van der Waals surface area contributed by atoms with Crippen molar-refractivity contribution in [3.8, 4) is 0 Å². The topological polar surface area (TPSA) is 120 Å². The lowest BCUT2D eigenvalue weighted by Gasteiger charge is -2.03. The maximum Gasteiger partial charge on any atom is 0.295 e. The van der Waals surface area contributed by atoms with Crippen LogP contribution in [-0.4, -0.2) is 30.1 Å². The van der Waals surface area contributed by atoms with Crippen molar-refractivity contribution < 1.29 is 4.92 Å². The SMILES string of the molecule is O=c1c2[nH]ncc2nnn1Cc1ccc([N+](=O)[O-])cc1. The monoisotopic (exact) mass is 272 g/mol. The molecule has 9 nitrogen and oxygen atoms in total. The van der Waals surface area contributed by atoms with Gasteiger partial charge >= 0.3 is 0 Å². The fourth-order valence-corrected chi connectivity index (χ4v) is 1.78. The van der Waals surface area contributed by atoms with Crippen LogP contribution in [0.5, 0.6) is 0 Å². The molecular formula is C11H8N6O3. The number of fused-ring (bicyclic) bond motifs is 1. The predicted molar refractivity (Wildman–Crippen MR) is 68.1 cm³/mol. The summed E-state index contributed by atoms with van der Waals surface area (Å²) < 4.78 is 1.17. The summed E-state index contributed by atoms with van der Waals surface area (Å²) in [6.45, 7) is 0.179. The number of rotatable bonds is 3. The zero-order chi connectivity index (χ0) is 14.1. The highest BCUT2D eigenvalue weighted by Gasteiger charge is 2.09. The first-order valence-corrected chi connectivity index (χ1v) is 5.65. The Hall–Kier alpha value is -3.10. The average molecular weight is 272 g/mol. The quantitative estimate of drug-likeness (QED) is 0.546. The fraction of sp³-hybridized carbons (Fsp3) is 0.0909. The van der Waals surface area contributed by atoms with E-state index in [9.17, 15) is 14.9 Å². The summed E-state index contributed by atoms with van der Waals surface area (Å²) in [4.78, 5) is 22.1. The molecule has 3 rings (SSSR count). The zero-order valence-corrected chi connectivity index (χ0v) is 10.1. The number of hydrogen-bond acceptors (Lipinski definition) is 6. The Bertz CT molecular complexity index is 835. The van der Waals surface area contributed by atoms with Gasteiger partial charge in [-0.3, -0.25) is 20.0 Å². The van der Waals surface area contributed by atoms with E-state index in [2.05, 4.69) is 20.5 Å². The molecule has 1 aromatic carbocycles. The number of aromatic nitrogens is 5. The average Bonchev–Trinajstić information content (AvgIpc) is 2.92. The second kappa shape index (κ2) is 4.53. The van der Waals surface area contributed by atoms with Crippen molar-refractivity contribution in [1.82, 2.24) is 25.2 Å². The highest BCUT2D eigenvalue weighted by atomic mass is 16.6. The molecule has 0 saturated heterocycles. The van der Waals surface area contributed by atoms with Crippen molar-refractivity contribution in [2.45, 2.75) is 6.54 Å².